The molecule has 0 radical (unpaired) electrons. The number of nitrogens with one attached hydrogen (secondary N) is 1. The zero-order valence-corrected chi connectivity index (χ0v) is 21.9. The predicted molar refractivity (Wildman–Crippen MR) is 151 cm³/mol. The van der Waals surface area contributed by atoms with Crippen LogP contribution < -0.4 is 22.3 Å². The van der Waals surface area contributed by atoms with Crippen molar-refractivity contribution in [1.29, 1.82) is 0 Å². The van der Waals surface area contributed by atoms with Gasteiger partial charge in [0.2, 0.25) is 0 Å². The lowest BCUT2D eigenvalue weighted by Gasteiger charge is -2.21. The number of para-hydroxylation sites is 1. The van der Waals surface area contributed by atoms with Crippen LogP contribution in [0.4, 0.5) is 5.69 Å². The van der Waals surface area contributed by atoms with Gasteiger partial charge < -0.3 is 20.5 Å². The summed E-state index contributed by atoms with van der Waals surface area (Å²) in [6.45, 7) is 9.85. The number of hydrogen-bond acceptors (Lipinski definition) is 6. The molecule has 0 aliphatic carbocycles. The van der Waals surface area contributed by atoms with E-state index in [0.717, 1.165) is 27.9 Å². The molecular formula is C30H36N4O2. The van der Waals surface area contributed by atoms with Crippen molar-refractivity contribution in [3.63, 3.8) is 0 Å². The number of anilines is 1. The third-order valence-corrected chi connectivity index (χ3v) is 5.85. The van der Waals surface area contributed by atoms with Gasteiger partial charge in [-0.15, -0.1) is 0 Å². The third kappa shape index (κ3) is 5.61. The summed E-state index contributed by atoms with van der Waals surface area (Å²) in [7, 11) is 1.72. The van der Waals surface area contributed by atoms with E-state index >= 15 is 0 Å². The normalized spacial score (nSPS) is 12.0. The molecule has 0 saturated carbocycles. The molecule has 6 nitrogen and oxygen atoms in total. The zero-order valence-electron chi connectivity index (χ0n) is 21.9. The van der Waals surface area contributed by atoms with Gasteiger partial charge in [0.05, 0.1) is 17.1 Å². The molecule has 5 N–H and O–H groups in total. The first-order valence-corrected chi connectivity index (χ1v) is 12.2. The average molecular weight is 485 g/mol. The lowest BCUT2D eigenvalue weighted by atomic mass is 9.98. The molecule has 3 aromatic carbocycles. The lowest BCUT2D eigenvalue weighted by molar-refractivity contribution is 0.486. The van der Waals surface area contributed by atoms with Crippen LogP contribution in [-0.2, 0) is 0 Å². The van der Waals surface area contributed by atoms with Crippen molar-refractivity contribution in [3.8, 4) is 11.3 Å². The van der Waals surface area contributed by atoms with Crippen molar-refractivity contribution in [3.05, 3.63) is 105 Å². The Labute approximate surface area is 213 Å². The molecule has 188 valence electrons. The van der Waals surface area contributed by atoms with Crippen molar-refractivity contribution >= 4 is 22.4 Å². The highest BCUT2D eigenvalue weighted by molar-refractivity contribution is 5.85. The maximum absolute atomic E-state index is 13.3. The van der Waals surface area contributed by atoms with Crippen molar-refractivity contribution in [1.82, 2.24) is 5.01 Å². The summed E-state index contributed by atoms with van der Waals surface area (Å²) in [6, 6.07) is 21.3. The Morgan fingerprint density at radius 2 is 1.67 bits per heavy atom. The lowest BCUT2D eigenvalue weighted by Crippen LogP contribution is -2.21. The van der Waals surface area contributed by atoms with E-state index in [-0.39, 0.29) is 11.5 Å². The smallest absolute Gasteiger partial charge is 0.196 e. The van der Waals surface area contributed by atoms with Gasteiger partial charge in [-0.05, 0) is 38.5 Å². The minimum Gasteiger partial charge on any atom is -0.455 e. The molecule has 4 aromatic rings. The fourth-order valence-corrected chi connectivity index (χ4v) is 4.21. The summed E-state index contributed by atoms with van der Waals surface area (Å²) in [5.41, 5.74) is 12.5. The van der Waals surface area contributed by atoms with Gasteiger partial charge in [0, 0.05) is 41.2 Å². The Bertz CT molecular complexity index is 1420. The molecular weight excluding hydrogens is 448 g/mol. The molecule has 0 aliphatic heterocycles. The molecule has 0 amide bonds. The summed E-state index contributed by atoms with van der Waals surface area (Å²) in [6.07, 6.45) is 1.67. The maximum Gasteiger partial charge on any atom is 0.196 e. The largest absolute Gasteiger partial charge is 0.455 e. The Hall–Kier alpha value is -4.03. The number of benzene rings is 3. The average Bonchev–Trinajstić information content (AvgIpc) is 2.87. The SMILES string of the molecule is CC.Cc1cc(C(C)Nc2ccccc2/C(N)=C/N(C)N)c2oc(-c3ccccc3)c(C)c(=O)c2c1. The molecule has 0 bridgehead atoms. The van der Waals surface area contributed by atoms with E-state index in [4.69, 9.17) is 16.0 Å². The summed E-state index contributed by atoms with van der Waals surface area (Å²) >= 11 is 0. The molecule has 0 spiro atoms. The predicted octanol–water partition coefficient (Wildman–Crippen LogP) is 6.34. The quantitative estimate of drug-likeness (QED) is 0.218. The van der Waals surface area contributed by atoms with Gasteiger partial charge in [0.25, 0.3) is 0 Å². The van der Waals surface area contributed by atoms with Crippen molar-refractivity contribution < 1.29 is 4.42 Å². The third-order valence-electron chi connectivity index (χ3n) is 5.85. The Balaban J connectivity index is 0.00000176. The van der Waals surface area contributed by atoms with E-state index in [1.807, 2.05) is 95.3 Å². The van der Waals surface area contributed by atoms with E-state index in [0.29, 0.717) is 28.0 Å². The molecule has 4 rings (SSSR count). The zero-order chi connectivity index (χ0) is 26.4. The minimum absolute atomic E-state index is 0.0178. The fraction of sp³-hybridized carbons (Fsp3) is 0.233. The van der Waals surface area contributed by atoms with Crippen LogP contribution in [0.25, 0.3) is 28.0 Å². The minimum atomic E-state index is -0.165. The highest BCUT2D eigenvalue weighted by Gasteiger charge is 2.19. The molecule has 6 heteroatoms. The fourth-order valence-electron chi connectivity index (χ4n) is 4.21. The van der Waals surface area contributed by atoms with Crippen LogP contribution >= 0.6 is 0 Å². The standard InChI is InChI=1S/C28H30N4O2.C2H6/c1-17-14-22(19(3)31-25-13-9-8-12-21(25)24(29)16-32(4)30)28-23(15-17)26(33)18(2)27(34-28)20-10-6-5-7-11-20;1-2/h5-16,19,31H,29-30H2,1-4H3;1-2H3/b24-16-;. The summed E-state index contributed by atoms with van der Waals surface area (Å²) in [5, 5.41) is 5.56. The summed E-state index contributed by atoms with van der Waals surface area (Å²) in [4.78, 5) is 13.3. The van der Waals surface area contributed by atoms with Crippen LogP contribution in [0.5, 0.6) is 0 Å². The van der Waals surface area contributed by atoms with Gasteiger partial charge in [-0.2, -0.15) is 0 Å². The second-order valence-corrected chi connectivity index (χ2v) is 8.64. The topological polar surface area (TPSA) is 97.5 Å². The molecule has 36 heavy (non-hydrogen) atoms. The van der Waals surface area contributed by atoms with Crippen LogP contribution in [0.15, 0.2) is 82.1 Å². The van der Waals surface area contributed by atoms with Crippen molar-refractivity contribution in [2.45, 2.75) is 40.7 Å². The van der Waals surface area contributed by atoms with E-state index < -0.39 is 0 Å². The molecule has 0 aliphatic rings. The molecule has 0 fully saturated rings. The molecule has 1 heterocycles. The highest BCUT2D eigenvalue weighted by Crippen LogP contribution is 2.33. The van der Waals surface area contributed by atoms with Crippen LogP contribution in [0.1, 0.15) is 49.1 Å². The molecule has 1 aromatic heterocycles. The second-order valence-electron chi connectivity index (χ2n) is 8.64. The number of rotatable bonds is 6. The van der Waals surface area contributed by atoms with Gasteiger partial charge in [-0.3, -0.25) is 4.79 Å². The first-order chi connectivity index (χ1) is 17.3. The van der Waals surface area contributed by atoms with Crippen LogP contribution in [-0.4, -0.2) is 12.1 Å². The van der Waals surface area contributed by atoms with Gasteiger partial charge >= 0.3 is 0 Å². The monoisotopic (exact) mass is 484 g/mol. The van der Waals surface area contributed by atoms with Crippen LogP contribution in [0.3, 0.4) is 0 Å². The number of aryl methyl sites for hydroxylation is 1. The Morgan fingerprint density at radius 1 is 1.03 bits per heavy atom. The van der Waals surface area contributed by atoms with Gasteiger partial charge in [-0.1, -0.05) is 68.4 Å². The van der Waals surface area contributed by atoms with E-state index in [9.17, 15) is 4.79 Å². The number of nitrogens with two attached hydrogens (primary N) is 2. The first kappa shape index (κ1) is 26.6. The van der Waals surface area contributed by atoms with E-state index in [1.165, 1.54) is 5.01 Å². The number of hydrogen-bond donors (Lipinski definition) is 3. The summed E-state index contributed by atoms with van der Waals surface area (Å²) < 4.78 is 6.44. The maximum atomic E-state index is 13.3. The van der Waals surface area contributed by atoms with Gasteiger partial charge in [0.1, 0.15) is 11.3 Å². The van der Waals surface area contributed by atoms with E-state index in [1.54, 1.807) is 13.2 Å². The van der Waals surface area contributed by atoms with Crippen LogP contribution in [0.2, 0.25) is 0 Å². The Kier molecular flexibility index (Phi) is 8.56. The molecule has 1 atom stereocenters. The van der Waals surface area contributed by atoms with Crippen LogP contribution in [0, 0.1) is 13.8 Å². The highest BCUT2D eigenvalue weighted by atomic mass is 16.3. The molecule has 0 saturated heterocycles. The van der Waals surface area contributed by atoms with Gasteiger partial charge in [-0.25, -0.2) is 5.84 Å². The Morgan fingerprint density at radius 3 is 2.33 bits per heavy atom. The van der Waals surface area contributed by atoms with Crippen molar-refractivity contribution in [2.24, 2.45) is 11.6 Å². The number of fused-ring (bicyclic) bond motifs is 1. The van der Waals surface area contributed by atoms with Gasteiger partial charge in [0.15, 0.2) is 5.43 Å². The number of hydrazine groups is 1. The second kappa shape index (κ2) is 11.6. The first-order valence-electron chi connectivity index (χ1n) is 12.2. The van der Waals surface area contributed by atoms with E-state index in [2.05, 4.69) is 11.4 Å². The number of nitrogens with zero attached hydrogens (tertiary/aromatic N) is 1. The summed E-state index contributed by atoms with van der Waals surface area (Å²) in [5.74, 6) is 6.35. The molecule has 1 unspecified atom stereocenters. The van der Waals surface area contributed by atoms with Crippen molar-refractivity contribution in [2.75, 3.05) is 12.4 Å².